The van der Waals surface area contributed by atoms with E-state index in [-0.39, 0.29) is 12.7 Å². The van der Waals surface area contributed by atoms with Crippen LogP contribution in [0.25, 0.3) is 0 Å². The molecular formula is C31H52O8S. The number of aliphatic carboxylic acids is 1. The largest absolute Gasteiger partial charge is 0.490 e. The van der Waals surface area contributed by atoms with Crippen LogP contribution in [0.2, 0.25) is 0 Å². The molecule has 1 aromatic carbocycles. The minimum absolute atomic E-state index is 0.138. The second-order valence-corrected chi connectivity index (χ2v) is 12.3. The quantitative estimate of drug-likeness (QED) is 0.0643. The smallest absolute Gasteiger partial charge is 0.327 e. The number of rotatable bonds is 26. The highest BCUT2D eigenvalue weighted by Crippen LogP contribution is 2.19. The number of carbonyl (C=O) groups is 2. The normalized spacial score (nSPS) is 13.1. The van der Waals surface area contributed by atoms with E-state index in [0.717, 1.165) is 25.7 Å². The van der Waals surface area contributed by atoms with E-state index < -0.39 is 33.7 Å². The number of carboxylic acid groups (broad SMARTS) is 1. The van der Waals surface area contributed by atoms with E-state index in [1.165, 1.54) is 83.5 Å². The molecule has 230 valence electrons. The van der Waals surface area contributed by atoms with Crippen molar-refractivity contribution in [2.45, 2.75) is 140 Å². The molecule has 0 amide bonds. The maximum atomic E-state index is 12.1. The first-order valence-electron chi connectivity index (χ1n) is 15.3. The number of carbonyl (C=O) groups excluding carboxylic acids is 1. The molecule has 8 nitrogen and oxygen atoms in total. The number of ether oxygens (including phenoxy) is 2. The molecule has 0 aliphatic carbocycles. The average Bonchev–Trinajstić information content (AvgIpc) is 2.91. The molecular weight excluding hydrogens is 532 g/mol. The summed E-state index contributed by atoms with van der Waals surface area (Å²) < 4.78 is 43.0. The van der Waals surface area contributed by atoms with Gasteiger partial charge in [-0.15, -0.1) is 0 Å². The highest BCUT2D eigenvalue weighted by molar-refractivity contribution is 7.87. The van der Waals surface area contributed by atoms with Gasteiger partial charge in [-0.05, 0) is 25.0 Å². The molecule has 40 heavy (non-hydrogen) atoms. The Hall–Kier alpha value is -2.13. The van der Waals surface area contributed by atoms with Crippen molar-refractivity contribution in [3.05, 3.63) is 30.3 Å². The van der Waals surface area contributed by atoms with Crippen molar-refractivity contribution in [3.8, 4) is 5.75 Å². The van der Waals surface area contributed by atoms with Gasteiger partial charge in [0.05, 0.1) is 13.0 Å². The van der Waals surface area contributed by atoms with Crippen molar-refractivity contribution < 1.29 is 37.1 Å². The Morgan fingerprint density at radius 3 is 1.68 bits per heavy atom. The molecule has 1 aromatic rings. The molecule has 2 atom stereocenters. The third kappa shape index (κ3) is 19.0. The van der Waals surface area contributed by atoms with Gasteiger partial charge in [0.15, 0.2) is 5.25 Å². The minimum atomic E-state index is -4.88. The summed E-state index contributed by atoms with van der Waals surface area (Å²) in [5.41, 5.74) is 0. The van der Waals surface area contributed by atoms with Crippen molar-refractivity contribution in [1.29, 1.82) is 0 Å². The molecule has 1 rings (SSSR count). The Morgan fingerprint density at radius 1 is 0.750 bits per heavy atom. The van der Waals surface area contributed by atoms with Gasteiger partial charge in [0.2, 0.25) is 0 Å². The van der Waals surface area contributed by atoms with Gasteiger partial charge in [-0.2, -0.15) is 8.42 Å². The van der Waals surface area contributed by atoms with Crippen LogP contribution in [0.3, 0.4) is 0 Å². The molecule has 2 N–H and O–H groups in total. The van der Waals surface area contributed by atoms with Crippen molar-refractivity contribution in [2.75, 3.05) is 6.61 Å². The molecule has 2 unspecified atom stereocenters. The SMILES string of the molecule is CCCCCCCCCCCCCCCCCCC(CCOC(=O)C(CC(=O)O)S(=O)(=O)O)Oc1ccccc1. The van der Waals surface area contributed by atoms with Crippen LogP contribution in [0, 0.1) is 0 Å². The lowest BCUT2D eigenvalue weighted by Crippen LogP contribution is -2.34. The summed E-state index contributed by atoms with van der Waals surface area (Å²) in [6.07, 6.45) is 20.4. The second-order valence-electron chi connectivity index (χ2n) is 10.7. The van der Waals surface area contributed by atoms with Crippen LogP contribution in [0.4, 0.5) is 0 Å². The summed E-state index contributed by atoms with van der Waals surface area (Å²) in [5, 5.41) is 6.70. The third-order valence-corrected chi connectivity index (χ3v) is 8.17. The van der Waals surface area contributed by atoms with E-state index >= 15 is 0 Å². The average molecular weight is 585 g/mol. The highest BCUT2D eigenvalue weighted by Gasteiger charge is 2.35. The molecule has 0 heterocycles. The maximum absolute atomic E-state index is 12.1. The molecule has 0 fully saturated rings. The van der Waals surface area contributed by atoms with Crippen LogP contribution in [0.5, 0.6) is 5.75 Å². The summed E-state index contributed by atoms with van der Waals surface area (Å²) >= 11 is 0. The maximum Gasteiger partial charge on any atom is 0.327 e. The molecule has 9 heteroatoms. The van der Waals surface area contributed by atoms with Gasteiger partial charge in [0.25, 0.3) is 10.1 Å². The first-order chi connectivity index (χ1) is 19.2. The summed E-state index contributed by atoms with van der Waals surface area (Å²) in [6, 6.07) is 9.30. The lowest BCUT2D eigenvalue weighted by atomic mass is 10.0. The molecule has 0 aromatic heterocycles. The summed E-state index contributed by atoms with van der Waals surface area (Å²) in [5.74, 6) is -2.10. The van der Waals surface area contributed by atoms with Crippen LogP contribution < -0.4 is 4.74 Å². The Balaban J connectivity index is 2.26. The van der Waals surface area contributed by atoms with E-state index in [9.17, 15) is 22.6 Å². The van der Waals surface area contributed by atoms with Gasteiger partial charge in [-0.1, -0.05) is 121 Å². The topological polar surface area (TPSA) is 127 Å². The second kappa shape index (κ2) is 22.5. The summed E-state index contributed by atoms with van der Waals surface area (Å²) in [7, 11) is -4.88. The van der Waals surface area contributed by atoms with E-state index in [0.29, 0.717) is 12.2 Å². The zero-order valence-corrected chi connectivity index (χ0v) is 25.3. The first kappa shape index (κ1) is 35.9. The van der Waals surface area contributed by atoms with Crippen LogP contribution in [0.15, 0.2) is 30.3 Å². The Labute approximate surface area is 242 Å². The standard InChI is InChI=1S/C31H52O8S/c1-2-3-4-5-6-7-8-9-10-11-12-13-14-15-16-18-23-28(39-27-21-19-17-20-22-27)24-25-38-31(34)29(26-30(32)33)40(35,36)37/h17,19-22,28-29H,2-16,18,23-26H2,1H3,(H,32,33)(H,35,36,37). The fourth-order valence-corrected chi connectivity index (χ4v) is 5.39. The Kier molecular flexibility index (Phi) is 20.2. The highest BCUT2D eigenvalue weighted by atomic mass is 32.2. The van der Waals surface area contributed by atoms with E-state index in [2.05, 4.69) is 6.92 Å². The monoisotopic (exact) mass is 584 g/mol. The summed E-state index contributed by atoms with van der Waals surface area (Å²) in [4.78, 5) is 23.0. The molecule has 0 bridgehead atoms. The van der Waals surface area contributed by atoms with E-state index in [1.807, 2.05) is 30.3 Å². The zero-order valence-electron chi connectivity index (χ0n) is 24.4. The fourth-order valence-electron chi connectivity index (χ4n) is 4.73. The number of hydrogen-bond acceptors (Lipinski definition) is 6. The molecule has 0 saturated heterocycles. The lowest BCUT2D eigenvalue weighted by molar-refractivity contribution is -0.147. The Bertz CT molecular complexity index is 888. The summed E-state index contributed by atoms with van der Waals surface area (Å²) in [6.45, 7) is 2.12. The van der Waals surface area contributed by atoms with Gasteiger partial charge < -0.3 is 14.6 Å². The predicted octanol–water partition coefficient (Wildman–Crippen LogP) is 7.75. The zero-order chi connectivity index (χ0) is 29.5. The van der Waals surface area contributed by atoms with Gasteiger partial charge in [0, 0.05) is 6.42 Å². The number of para-hydroxylation sites is 1. The number of esters is 1. The van der Waals surface area contributed by atoms with Crippen LogP contribution >= 0.6 is 0 Å². The first-order valence-corrected chi connectivity index (χ1v) is 16.8. The van der Waals surface area contributed by atoms with Gasteiger partial charge >= 0.3 is 11.9 Å². The number of hydrogen-bond donors (Lipinski definition) is 2. The lowest BCUT2D eigenvalue weighted by Gasteiger charge is -2.20. The molecule has 0 aliphatic heterocycles. The van der Waals surface area contributed by atoms with E-state index in [4.69, 9.17) is 14.6 Å². The fraction of sp³-hybridized carbons (Fsp3) is 0.742. The molecule has 0 saturated carbocycles. The van der Waals surface area contributed by atoms with Gasteiger partial charge in [-0.3, -0.25) is 14.1 Å². The van der Waals surface area contributed by atoms with Crippen molar-refractivity contribution in [1.82, 2.24) is 0 Å². The van der Waals surface area contributed by atoms with Crippen LogP contribution in [-0.2, 0) is 24.4 Å². The minimum Gasteiger partial charge on any atom is -0.490 e. The number of carboxylic acids is 1. The van der Waals surface area contributed by atoms with E-state index in [1.54, 1.807) is 0 Å². The molecule has 0 radical (unpaired) electrons. The van der Waals surface area contributed by atoms with Crippen LogP contribution in [0.1, 0.15) is 129 Å². The Morgan fingerprint density at radius 2 is 1.23 bits per heavy atom. The van der Waals surface area contributed by atoms with Gasteiger partial charge in [0.1, 0.15) is 11.9 Å². The third-order valence-electron chi connectivity index (χ3n) is 7.09. The molecule has 0 spiro atoms. The molecule has 0 aliphatic rings. The van der Waals surface area contributed by atoms with Crippen molar-refractivity contribution in [2.24, 2.45) is 0 Å². The predicted molar refractivity (Wildman–Crippen MR) is 158 cm³/mol. The van der Waals surface area contributed by atoms with Crippen molar-refractivity contribution >= 4 is 22.1 Å². The van der Waals surface area contributed by atoms with Crippen LogP contribution in [-0.4, -0.2) is 48.0 Å². The van der Waals surface area contributed by atoms with Crippen molar-refractivity contribution in [3.63, 3.8) is 0 Å². The number of unbranched alkanes of at least 4 members (excludes halogenated alkanes) is 15. The van der Waals surface area contributed by atoms with Gasteiger partial charge in [-0.25, -0.2) is 0 Å². The number of benzene rings is 1.